The summed E-state index contributed by atoms with van der Waals surface area (Å²) in [4.78, 5) is 3.63. The fraction of sp³-hybridized carbons (Fsp3) is 0.190. The minimum Gasteiger partial charge on any atom is -0.264 e. The molecule has 1 heterocycles. The highest BCUT2D eigenvalue weighted by Crippen LogP contribution is 2.31. The van der Waals surface area contributed by atoms with Gasteiger partial charge in [-0.05, 0) is 66.4 Å². The molecule has 0 saturated heterocycles. The number of benzene rings is 2. The summed E-state index contributed by atoms with van der Waals surface area (Å²) < 4.78 is 66.4. The van der Waals surface area contributed by atoms with Gasteiger partial charge in [-0.25, -0.2) is 13.1 Å². The van der Waals surface area contributed by atoms with Gasteiger partial charge in [-0.1, -0.05) is 24.3 Å². The van der Waals surface area contributed by atoms with E-state index >= 15 is 0 Å². The van der Waals surface area contributed by atoms with Crippen LogP contribution < -0.4 is 4.72 Å². The Kier molecular flexibility index (Phi) is 5.77. The van der Waals surface area contributed by atoms with Gasteiger partial charge in [0.25, 0.3) is 0 Å². The lowest BCUT2D eigenvalue weighted by atomic mass is 9.99. The third kappa shape index (κ3) is 4.83. The molecule has 0 fully saturated rings. The maximum Gasteiger partial charge on any atom is 0.416 e. The van der Waals surface area contributed by atoms with Crippen LogP contribution in [0, 0.1) is 6.92 Å². The number of pyridine rings is 1. The van der Waals surface area contributed by atoms with E-state index in [0.29, 0.717) is 11.6 Å². The monoisotopic (exact) mass is 420 g/mol. The molecule has 0 bridgehead atoms. The Hall–Kier alpha value is -2.71. The summed E-state index contributed by atoms with van der Waals surface area (Å²) in [6.45, 7) is 3.57. The number of aromatic nitrogens is 1. The topological polar surface area (TPSA) is 59.1 Å². The lowest BCUT2D eigenvalue weighted by molar-refractivity contribution is -0.137. The van der Waals surface area contributed by atoms with E-state index in [1.807, 2.05) is 25.1 Å². The van der Waals surface area contributed by atoms with Crippen molar-refractivity contribution in [1.29, 1.82) is 0 Å². The van der Waals surface area contributed by atoms with Gasteiger partial charge in [-0.3, -0.25) is 4.98 Å². The predicted octanol–water partition coefficient (Wildman–Crippen LogP) is 5.12. The van der Waals surface area contributed by atoms with Gasteiger partial charge < -0.3 is 0 Å². The Labute approximate surface area is 167 Å². The summed E-state index contributed by atoms with van der Waals surface area (Å²) in [5.41, 5.74) is 2.52. The molecule has 29 heavy (non-hydrogen) atoms. The van der Waals surface area contributed by atoms with Crippen LogP contribution in [0.2, 0.25) is 0 Å². The zero-order valence-corrected chi connectivity index (χ0v) is 16.6. The lowest BCUT2D eigenvalue weighted by Gasteiger charge is -2.17. The second kappa shape index (κ2) is 7.96. The molecule has 3 rings (SSSR count). The van der Waals surface area contributed by atoms with Crippen molar-refractivity contribution in [2.75, 3.05) is 0 Å². The number of alkyl halides is 3. The highest BCUT2D eigenvalue weighted by molar-refractivity contribution is 7.89. The highest BCUT2D eigenvalue weighted by atomic mass is 32.2. The lowest BCUT2D eigenvalue weighted by Crippen LogP contribution is -2.27. The molecule has 0 radical (unpaired) electrons. The van der Waals surface area contributed by atoms with Crippen LogP contribution in [-0.4, -0.2) is 13.4 Å². The van der Waals surface area contributed by atoms with Gasteiger partial charge in [0.1, 0.15) is 0 Å². The molecule has 0 aliphatic carbocycles. The minimum atomic E-state index is -4.62. The summed E-state index contributed by atoms with van der Waals surface area (Å²) in [5.74, 6) is 0. The number of aryl methyl sites for hydroxylation is 1. The van der Waals surface area contributed by atoms with Crippen LogP contribution in [0.25, 0.3) is 11.1 Å². The number of nitrogens with one attached hydrogen (secondary N) is 1. The number of halogens is 3. The van der Waals surface area contributed by atoms with Crippen LogP contribution in [0.3, 0.4) is 0 Å². The van der Waals surface area contributed by atoms with Crippen LogP contribution in [0.1, 0.15) is 29.7 Å². The predicted molar refractivity (Wildman–Crippen MR) is 105 cm³/mol. The average Bonchev–Trinajstić information content (AvgIpc) is 2.67. The van der Waals surface area contributed by atoms with Crippen molar-refractivity contribution in [3.8, 4) is 11.1 Å². The largest absolute Gasteiger partial charge is 0.416 e. The fourth-order valence-corrected chi connectivity index (χ4v) is 4.26. The van der Waals surface area contributed by atoms with Crippen LogP contribution in [0.5, 0.6) is 0 Å². The van der Waals surface area contributed by atoms with E-state index in [9.17, 15) is 21.6 Å². The van der Waals surface area contributed by atoms with E-state index in [1.165, 1.54) is 0 Å². The van der Waals surface area contributed by atoms with Gasteiger partial charge in [0.05, 0.1) is 10.5 Å². The first kappa shape index (κ1) is 21.0. The number of rotatable bonds is 5. The van der Waals surface area contributed by atoms with Crippen molar-refractivity contribution >= 4 is 10.0 Å². The zero-order valence-electron chi connectivity index (χ0n) is 15.7. The normalized spacial score (nSPS) is 13.3. The summed E-state index contributed by atoms with van der Waals surface area (Å²) >= 11 is 0. The standard InChI is InChI=1S/C21H19F3N2O2S/c1-14-13-25-10-9-20(14)17-6-3-5-16(11-17)15(2)26-29(27,28)19-8-4-7-18(12-19)21(22,23)24/h3-13,15,26H,1-2H3. The second-order valence-electron chi connectivity index (χ2n) is 6.68. The molecule has 152 valence electrons. The minimum absolute atomic E-state index is 0.430. The maximum atomic E-state index is 12.9. The smallest absolute Gasteiger partial charge is 0.264 e. The molecule has 0 spiro atoms. The summed E-state index contributed by atoms with van der Waals surface area (Å²) in [6.07, 6.45) is -1.20. The highest BCUT2D eigenvalue weighted by Gasteiger charge is 2.32. The van der Waals surface area contributed by atoms with Crippen molar-refractivity contribution in [3.63, 3.8) is 0 Å². The Bertz CT molecular complexity index is 1130. The van der Waals surface area contributed by atoms with Gasteiger partial charge >= 0.3 is 6.18 Å². The third-order valence-corrected chi connectivity index (χ3v) is 6.06. The molecule has 1 aromatic heterocycles. The fourth-order valence-electron chi connectivity index (χ4n) is 2.98. The van der Waals surface area contributed by atoms with E-state index in [1.54, 1.807) is 31.5 Å². The van der Waals surface area contributed by atoms with Gasteiger partial charge in [0.15, 0.2) is 0 Å². The first-order valence-electron chi connectivity index (χ1n) is 8.78. The van der Waals surface area contributed by atoms with Crippen LogP contribution in [0.15, 0.2) is 71.9 Å². The Morgan fingerprint density at radius 3 is 2.45 bits per heavy atom. The average molecular weight is 420 g/mol. The molecule has 1 atom stereocenters. The molecular formula is C21H19F3N2O2S. The summed E-state index contributed by atoms with van der Waals surface area (Å²) in [7, 11) is -4.14. The molecule has 3 aromatic rings. The molecule has 8 heteroatoms. The number of hydrogen-bond donors (Lipinski definition) is 1. The number of hydrogen-bond acceptors (Lipinski definition) is 3. The first-order valence-corrected chi connectivity index (χ1v) is 10.3. The van der Waals surface area contributed by atoms with E-state index in [4.69, 9.17) is 0 Å². The maximum absolute atomic E-state index is 12.9. The van der Waals surface area contributed by atoms with Crippen LogP contribution in [-0.2, 0) is 16.2 Å². The Morgan fingerprint density at radius 1 is 1.03 bits per heavy atom. The van der Waals surface area contributed by atoms with Crippen molar-refractivity contribution in [2.24, 2.45) is 0 Å². The second-order valence-corrected chi connectivity index (χ2v) is 8.40. The number of nitrogens with zero attached hydrogens (tertiary/aromatic N) is 1. The molecule has 0 aliphatic rings. The molecule has 1 unspecified atom stereocenters. The first-order chi connectivity index (χ1) is 13.6. The molecule has 0 aliphatic heterocycles. The van der Waals surface area contributed by atoms with Crippen molar-refractivity contribution in [3.05, 3.63) is 83.7 Å². The van der Waals surface area contributed by atoms with E-state index in [-0.39, 0.29) is 0 Å². The van der Waals surface area contributed by atoms with Gasteiger partial charge in [0, 0.05) is 18.4 Å². The quantitative estimate of drug-likeness (QED) is 0.624. The third-order valence-electron chi connectivity index (χ3n) is 4.52. The van der Waals surface area contributed by atoms with Gasteiger partial charge in [-0.2, -0.15) is 13.2 Å². The van der Waals surface area contributed by atoms with Crippen molar-refractivity contribution in [2.45, 2.75) is 31.0 Å². The van der Waals surface area contributed by atoms with Crippen LogP contribution in [0.4, 0.5) is 13.2 Å². The number of sulfonamides is 1. The molecule has 4 nitrogen and oxygen atoms in total. The zero-order chi connectivity index (χ0) is 21.2. The van der Waals surface area contributed by atoms with Crippen molar-refractivity contribution < 1.29 is 21.6 Å². The molecule has 0 saturated carbocycles. The molecular weight excluding hydrogens is 401 g/mol. The van der Waals surface area contributed by atoms with E-state index in [0.717, 1.165) is 34.9 Å². The van der Waals surface area contributed by atoms with E-state index < -0.39 is 32.7 Å². The van der Waals surface area contributed by atoms with Gasteiger partial charge in [-0.15, -0.1) is 0 Å². The van der Waals surface area contributed by atoms with E-state index in [2.05, 4.69) is 9.71 Å². The van der Waals surface area contributed by atoms with Crippen LogP contribution >= 0.6 is 0 Å². The Morgan fingerprint density at radius 2 is 1.76 bits per heavy atom. The molecule has 2 aromatic carbocycles. The SMILES string of the molecule is Cc1cnccc1-c1cccc(C(C)NS(=O)(=O)c2cccc(C(F)(F)F)c2)c1. The summed E-state index contributed by atoms with van der Waals surface area (Å²) in [6, 6.07) is 12.2. The van der Waals surface area contributed by atoms with Crippen molar-refractivity contribution in [1.82, 2.24) is 9.71 Å². The molecule has 1 N–H and O–H groups in total. The molecule has 0 amide bonds. The van der Waals surface area contributed by atoms with Gasteiger partial charge in [0.2, 0.25) is 10.0 Å². The Balaban J connectivity index is 1.88. The summed E-state index contributed by atoms with van der Waals surface area (Å²) in [5, 5.41) is 0.